The van der Waals surface area contributed by atoms with Crippen molar-refractivity contribution < 1.29 is 5.11 Å². The van der Waals surface area contributed by atoms with Gasteiger partial charge in [0, 0.05) is 23.2 Å². The lowest BCUT2D eigenvalue weighted by molar-refractivity contribution is 0.174. The van der Waals surface area contributed by atoms with E-state index in [0.717, 1.165) is 17.7 Å². The summed E-state index contributed by atoms with van der Waals surface area (Å²) in [5, 5.41) is 12.3. The number of hydrogen-bond acceptors (Lipinski definition) is 3. The van der Waals surface area contributed by atoms with Crippen molar-refractivity contribution >= 4 is 17.0 Å². The summed E-state index contributed by atoms with van der Waals surface area (Å²) in [4.78, 5) is 3.57. The monoisotopic (exact) mass is 275 g/mol. The topological polar surface area (TPSA) is 23.5 Å². The number of aliphatic hydroxyl groups is 1. The van der Waals surface area contributed by atoms with E-state index in [1.165, 1.54) is 4.88 Å². The zero-order valence-electron chi connectivity index (χ0n) is 11.7. The highest BCUT2D eigenvalue weighted by molar-refractivity contribution is 7.10. The minimum Gasteiger partial charge on any atom is -0.388 e. The quantitative estimate of drug-likeness (QED) is 0.875. The molecule has 1 heterocycles. The van der Waals surface area contributed by atoms with E-state index in [-0.39, 0.29) is 0 Å². The summed E-state index contributed by atoms with van der Waals surface area (Å²) < 4.78 is 0. The number of thiophene rings is 1. The second kappa shape index (κ2) is 6.22. The Labute approximate surface area is 119 Å². The molecule has 0 aliphatic carbocycles. The zero-order chi connectivity index (χ0) is 13.8. The highest BCUT2D eigenvalue weighted by Gasteiger charge is 2.18. The molecule has 0 saturated carbocycles. The van der Waals surface area contributed by atoms with Crippen LogP contribution in [0, 0.1) is 0 Å². The molecule has 1 N–H and O–H groups in total. The van der Waals surface area contributed by atoms with Crippen molar-refractivity contribution in [1.82, 2.24) is 0 Å². The maximum atomic E-state index is 10.1. The standard InChI is InChI=1S/C16H21NOS/c1-4-15(18)13-8-5-6-9-14(13)17(3)12(2)16-10-7-11-19-16/h5-12,15,18H,4H2,1-3H3/t12?,15-/m1/s1. The molecule has 1 aromatic heterocycles. The van der Waals surface area contributed by atoms with Crippen molar-refractivity contribution in [2.75, 3.05) is 11.9 Å². The lowest BCUT2D eigenvalue weighted by Gasteiger charge is -2.29. The van der Waals surface area contributed by atoms with Crippen LogP contribution in [0.1, 0.15) is 42.9 Å². The van der Waals surface area contributed by atoms with Crippen molar-refractivity contribution in [3.05, 3.63) is 52.2 Å². The Morgan fingerprint density at radius 3 is 2.58 bits per heavy atom. The third-order valence-corrected chi connectivity index (χ3v) is 4.64. The van der Waals surface area contributed by atoms with Crippen LogP contribution >= 0.6 is 11.3 Å². The van der Waals surface area contributed by atoms with Gasteiger partial charge in [-0.15, -0.1) is 11.3 Å². The van der Waals surface area contributed by atoms with Crippen LogP contribution in [0.15, 0.2) is 41.8 Å². The molecule has 2 nitrogen and oxygen atoms in total. The molecule has 102 valence electrons. The second-order valence-electron chi connectivity index (χ2n) is 4.79. The van der Waals surface area contributed by atoms with Crippen molar-refractivity contribution in [3.8, 4) is 0 Å². The molecular weight excluding hydrogens is 254 g/mol. The summed E-state index contributed by atoms with van der Waals surface area (Å²) in [6, 6.07) is 12.7. The minimum atomic E-state index is -0.394. The first-order valence-electron chi connectivity index (χ1n) is 6.68. The Balaban J connectivity index is 2.31. The number of para-hydroxylation sites is 1. The van der Waals surface area contributed by atoms with Crippen molar-refractivity contribution in [2.24, 2.45) is 0 Å². The van der Waals surface area contributed by atoms with Gasteiger partial charge in [-0.2, -0.15) is 0 Å². The summed E-state index contributed by atoms with van der Waals surface area (Å²) in [6.07, 6.45) is 0.340. The van der Waals surface area contributed by atoms with E-state index in [1.807, 2.05) is 25.1 Å². The molecular formula is C16H21NOS. The van der Waals surface area contributed by atoms with Gasteiger partial charge in [-0.05, 0) is 30.9 Å². The molecule has 0 amide bonds. The van der Waals surface area contributed by atoms with Crippen LogP contribution in [-0.4, -0.2) is 12.2 Å². The van der Waals surface area contributed by atoms with E-state index in [0.29, 0.717) is 6.04 Å². The normalized spacial score (nSPS) is 14.1. The van der Waals surface area contributed by atoms with Gasteiger partial charge in [-0.1, -0.05) is 31.2 Å². The van der Waals surface area contributed by atoms with Crippen LogP contribution in [0.2, 0.25) is 0 Å². The second-order valence-corrected chi connectivity index (χ2v) is 5.76. The number of nitrogens with zero attached hydrogens (tertiary/aromatic N) is 1. The third kappa shape index (κ3) is 2.99. The predicted molar refractivity (Wildman–Crippen MR) is 82.8 cm³/mol. The summed E-state index contributed by atoms with van der Waals surface area (Å²) in [6.45, 7) is 4.20. The molecule has 2 atom stereocenters. The number of benzene rings is 1. The van der Waals surface area contributed by atoms with E-state index in [1.54, 1.807) is 11.3 Å². The largest absolute Gasteiger partial charge is 0.388 e. The van der Waals surface area contributed by atoms with Gasteiger partial charge in [0.1, 0.15) is 0 Å². The first-order chi connectivity index (χ1) is 9.15. The average Bonchev–Trinajstić information content (AvgIpc) is 2.99. The molecule has 0 saturated heterocycles. The Bertz CT molecular complexity index is 509. The fraction of sp³-hybridized carbons (Fsp3) is 0.375. The first kappa shape index (κ1) is 14.1. The molecule has 3 heteroatoms. The van der Waals surface area contributed by atoms with E-state index in [2.05, 4.69) is 42.5 Å². The van der Waals surface area contributed by atoms with Gasteiger partial charge in [-0.3, -0.25) is 0 Å². The highest BCUT2D eigenvalue weighted by Crippen LogP contribution is 2.33. The Morgan fingerprint density at radius 1 is 1.21 bits per heavy atom. The molecule has 0 spiro atoms. The van der Waals surface area contributed by atoms with Gasteiger partial charge in [0.15, 0.2) is 0 Å². The van der Waals surface area contributed by atoms with E-state index >= 15 is 0 Å². The van der Waals surface area contributed by atoms with Gasteiger partial charge in [0.2, 0.25) is 0 Å². The van der Waals surface area contributed by atoms with Gasteiger partial charge in [-0.25, -0.2) is 0 Å². The lowest BCUT2D eigenvalue weighted by atomic mass is 10.0. The number of aliphatic hydroxyl groups excluding tert-OH is 1. The fourth-order valence-corrected chi connectivity index (χ4v) is 3.07. The third-order valence-electron chi connectivity index (χ3n) is 3.60. The van der Waals surface area contributed by atoms with Crippen LogP contribution in [-0.2, 0) is 0 Å². The highest BCUT2D eigenvalue weighted by atomic mass is 32.1. The first-order valence-corrected chi connectivity index (χ1v) is 7.56. The molecule has 0 radical (unpaired) electrons. The Morgan fingerprint density at radius 2 is 1.95 bits per heavy atom. The maximum Gasteiger partial charge on any atom is 0.0807 e. The number of hydrogen-bond donors (Lipinski definition) is 1. The molecule has 0 bridgehead atoms. The number of anilines is 1. The summed E-state index contributed by atoms with van der Waals surface area (Å²) >= 11 is 1.77. The predicted octanol–water partition coefficient (Wildman–Crippen LogP) is 4.39. The Kier molecular flexibility index (Phi) is 4.61. The molecule has 0 aliphatic heterocycles. The average molecular weight is 275 g/mol. The van der Waals surface area contributed by atoms with Gasteiger partial charge in [0.25, 0.3) is 0 Å². The van der Waals surface area contributed by atoms with Gasteiger partial charge >= 0.3 is 0 Å². The van der Waals surface area contributed by atoms with Crippen molar-refractivity contribution in [2.45, 2.75) is 32.4 Å². The van der Waals surface area contributed by atoms with Crippen molar-refractivity contribution in [1.29, 1.82) is 0 Å². The van der Waals surface area contributed by atoms with Crippen LogP contribution < -0.4 is 4.90 Å². The summed E-state index contributed by atoms with van der Waals surface area (Å²) in [5.74, 6) is 0. The van der Waals surface area contributed by atoms with E-state index in [4.69, 9.17) is 0 Å². The lowest BCUT2D eigenvalue weighted by Crippen LogP contribution is -2.22. The molecule has 0 aliphatic rings. The molecule has 1 aromatic carbocycles. The molecule has 2 aromatic rings. The van der Waals surface area contributed by atoms with Crippen LogP contribution in [0.4, 0.5) is 5.69 Å². The van der Waals surface area contributed by atoms with Crippen LogP contribution in [0.25, 0.3) is 0 Å². The smallest absolute Gasteiger partial charge is 0.0807 e. The molecule has 2 rings (SSSR count). The van der Waals surface area contributed by atoms with Crippen LogP contribution in [0.5, 0.6) is 0 Å². The summed E-state index contributed by atoms with van der Waals surface area (Å²) in [5.41, 5.74) is 2.12. The SMILES string of the molecule is CC[C@@H](O)c1ccccc1N(C)C(C)c1cccs1. The molecule has 19 heavy (non-hydrogen) atoms. The van der Waals surface area contributed by atoms with E-state index in [9.17, 15) is 5.11 Å². The summed E-state index contributed by atoms with van der Waals surface area (Å²) in [7, 11) is 2.09. The zero-order valence-corrected chi connectivity index (χ0v) is 12.5. The van der Waals surface area contributed by atoms with Gasteiger partial charge < -0.3 is 10.0 Å². The Hall–Kier alpha value is -1.32. The van der Waals surface area contributed by atoms with Crippen molar-refractivity contribution in [3.63, 3.8) is 0 Å². The maximum absolute atomic E-state index is 10.1. The molecule has 1 unspecified atom stereocenters. The number of rotatable bonds is 5. The fourth-order valence-electron chi connectivity index (χ4n) is 2.24. The van der Waals surface area contributed by atoms with Crippen LogP contribution in [0.3, 0.4) is 0 Å². The van der Waals surface area contributed by atoms with E-state index < -0.39 is 6.10 Å². The minimum absolute atomic E-state index is 0.310. The molecule has 0 fully saturated rings. The van der Waals surface area contributed by atoms with Gasteiger partial charge in [0.05, 0.1) is 12.1 Å².